The number of ether oxygens (including phenoxy) is 2. The summed E-state index contributed by atoms with van der Waals surface area (Å²) in [4.78, 5) is 25.2. The molecule has 1 atom stereocenters. The van der Waals surface area contributed by atoms with E-state index in [1.54, 1.807) is 30.2 Å². The molecule has 2 rings (SSSR count). The van der Waals surface area contributed by atoms with Gasteiger partial charge in [-0.25, -0.2) is 0 Å². The van der Waals surface area contributed by atoms with Gasteiger partial charge in [0.1, 0.15) is 17.5 Å². The second-order valence-electron chi connectivity index (χ2n) is 5.43. The van der Waals surface area contributed by atoms with Gasteiger partial charge in [0.05, 0.1) is 26.5 Å². The van der Waals surface area contributed by atoms with Crippen molar-refractivity contribution in [2.45, 2.75) is 25.3 Å². The minimum absolute atomic E-state index is 0.0478. The molecule has 1 saturated heterocycles. The van der Waals surface area contributed by atoms with Crippen molar-refractivity contribution >= 4 is 17.6 Å². The van der Waals surface area contributed by atoms with E-state index in [-0.39, 0.29) is 12.5 Å². The van der Waals surface area contributed by atoms with Crippen LogP contribution in [0.1, 0.15) is 19.3 Å². The number of hydrogen-bond acceptors (Lipinski definition) is 5. The zero-order valence-corrected chi connectivity index (χ0v) is 13.4. The predicted octanol–water partition coefficient (Wildman–Crippen LogP) is 1.58. The number of nitrogens with one attached hydrogen (secondary N) is 1. The Morgan fingerprint density at radius 2 is 2.09 bits per heavy atom. The molecule has 7 heteroatoms. The Kier molecular flexibility index (Phi) is 5.81. The molecule has 1 aromatic rings. The molecule has 0 aromatic heterocycles. The summed E-state index contributed by atoms with van der Waals surface area (Å²) in [6.45, 7) is 0.663. The first-order chi connectivity index (χ1) is 11.0. The highest BCUT2D eigenvalue weighted by molar-refractivity contribution is 5.94. The van der Waals surface area contributed by atoms with Gasteiger partial charge in [0.25, 0.3) is 0 Å². The van der Waals surface area contributed by atoms with Crippen molar-refractivity contribution in [2.75, 3.05) is 32.6 Å². The molecule has 0 aliphatic carbocycles. The van der Waals surface area contributed by atoms with Crippen LogP contribution in [0.4, 0.5) is 5.69 Å². The largest absolute Gasteiger partial charge is 0.497 e. The van der Waals surface area contributed by atoms with Crippen LogP contribution in [0.15, 0.2) is 18.2 Å². The van der Waals surface area contributed by atoms with Crippen LogP contribution in [0.3, 0.4) is 0 Å². The number of hydrogen-bond donors (Lipinski definition) is 2. The number of likely N-dealkylation sites (tertiary alicyclic amines) is 1. The van der Waals surface area contributed by atoms with Gasteiger partial charge in [-0.05, 0) is 31.5 Å². The summed E-state index contributed by atoms with van der Waals surface area (Å²) in [6, 6.07) is 4.50. The number of carboxylic acids is 1. The Hall–Kier alpha value is -2.28. The average molecular weight is 322 g/mol. The van der Waals surface area contributed by atoms with E-state index in [0.717, 1.165) is 12.8 Å². The van der Waals surface area contributed by atoms with Gasteiger partial charge in [0.15, 0.2) is 0 Å². The van der Waals surface area contributed by atoms with Crippen LogP contribution in [-0.4, -0.2) is 55.2 Å². The normalized spacial score (nSPS) is 18.3. The van der Waals surface area contributed by atoms with Crippen molar-refractivity contribution in [1.82, 2.24) is 4.90 Å². The summed E-state index contributed by atoms with van der Waals surface area (Å²) >= 11 is 0. The highest BCUT2D eigenvalue weighted by Crippen LogP contribution is 2.29. The van der Waals surface area contributed by atoms with E-state index in [9.17, 15) is 14.7 Å². The Labute approximate surface area is 135 Å². The van der Waals surface area contributed by atoms with Gasteiger partial charge in [0.2, 0.25) is 5.91 Å². The highest BCUT2D eigenvalue weighted by atomic mass is 16.5. The van der Waals surface area contributed by atoms with E-state index in [4.69, 9.17) is 9.47 Å². The van der Waals surface area contributed by atoms with Crippen LogP contribution >= 0.6 is 0 Å². The third-order valence-corrected chi connectivity index (χ3v) is 3.93. The summed E-state index contributed by atoms with van der Waals surface area (Å²) in [6.07, 6.45) is 2.36. The fraction of sp³-hybridized carbons (Fsp3) is 0.500. The summed E-state index contributed by atoms with van der Waals surface area (Å²) in [5.41, 5.74) is 0.530. The molecule has 0 radical (unpaired) electrons. The molecule has 1 heterocycles. The summed E-state index contributed by atoms with van der Waals surface area (Å²) in [5.74, 6) is -0.0194. The van der Waals surface area contributed by atoms with Crippen LogP contribution in [0.25, 0.3) is 0 Å². The van der Waals surface area contributed by atoms with Crippen LogP contribution in [0, 0.1) is 0 Å². The molecule has 23 heavy (non-hydrogen) atoms. The molecule has 1 aliphatic heterocycles. The maximum atomic E-state index is 12.2. The molecular formula is C16H22N2O5. The van der Waals surface area contributed by atoms with Crippen molar-refractivity contribution < 1.29 is 24.2 Å². The molecule has 0 bridgehead atoms. The second-order valence-corrected chi connectivity index (χ2v) is 5.43. The molecule has 2 N–H and O–H groups in total. The fourth-order valence-electron chi connectivity index (χ4n) is 2.74. The minimum Gasteiger partial charge on any atom is -0.497 e. The van der Waals surface area contributed by atoms with E-state index in [1.165, 1.54) is 7.11 Å². The van der Waals surface area contributed by atoms with Crippen LogP contribution < -0.4 is 14.8 Å². The van der Waals surface area contributed by atoms with Crippen molar-refractivity contribution in [3.63, 3.8) is 0 Å². The number of carboxylic acid groups (broad SMARTS) is 1. The molecule has 1 fully saturated rings. The van der Waals surface area contributed by atoms with E-state index in [1.807, 2.05) is 0 Å². The van der Waals surface area contributed by atoms with Gasteiger partial charge < -0.3 is 19.9 Å². The Bertz CT molecular complexity index is 576. The topological polar surface area (TPSA) is 88.1 Å². The first kappa shape index (κ1) is 17.1. The number of carbonyl (C=O) groups excluding carboxylic acids is 1. The zero-order valence-electron chi connectivity index (χ0n) is 13.4. The quantitative estimate of drug-likeness (QED) is 0.827. The summed E-state index contributed by atoms with van der Waals surface area (Å²) < 4.78 is 10.3. The van der Waals surface area contributed by atoms with Crippen molar-refractivity contribution in [2.24, 2.45) is 0 Å². The van der Waals surface area contributed by atoms with Crippen molar-refractivity contribution in [3.05, 3.63) is 18.2 Å². The van der Waals surface area contributed by atoms with Gasteiger partial charge in [-0.1, -0.05) is 6.42 Å². The standard InChI is InChI=1S/C16H22N2O5/c1-22-11-6-7-12(14(9-11)23-2)17-15(19)10-18-8-4-3-5-13(18)16(20)21/h6-7,9,13H,3-5,8,10H2,1-2H3,(H,17,19)(H,20,21). The molecule has 1 aliphatic rings. The molecule has 0 spiro atoms. The summed E-state index contributed by atoms with van der Waals surface area (Å²) in [5, 5.41) is 12.0. The Morgan fingerprint density at radius 3 is 2.74 bits per heavy atom. The number of nitrogens with zero attached hydrogens (tertiary/aromatic N) is 1. The lowest BCUT2D eigenvalue weighted by Gasteiger charge is -2.32. The molecule has 1 amide bonds. The third-order valence-electron chi connectivity index (χ3n) is 3.93. The van der Waals surface area contributed by atoms with E-state index in [0.29, 0.717) is 30.2 Å². The first-order valence-corrected chi connectivity index (χ1v) is 7.54. The van der Waals surface area contributed by atoms with Gasteiger partial charge in [-0.3, -0.25) is 14.5 Å². The summed E-state index contributed by atoms with van der Waals surface area (Å²) in [7, 11) is 3.06. The van der Waals surface area contributed by atoms with E-state index < -0.39 is 12.0 Å². The van der Waals surface area contributed by atoms with Gasteiger partial charge >= 0.3 is 5.97 Å². The van der Waals surface area contributed by atoms with Gasteiger partial charge in [-0.2, -0.15) is 0 Å². The van der Waals surface area contributed by atoms with Crippen LogP contribution in [0.5, 0.6) is 11.5 Å². The molecule has 1 aromatic carbocycles. The van der Waals surface area contributed by atoms with E-state index in [2.05, 4.69) is 5.32 Å². The Morgan fingerprint density at radius 1 is 1.30 bits per heavy atom. The molecule has 126 valence electrons. The van der Waals surface area contributed by atoms with Crippen LogP contribution in [0.2, 0.25) is 0 Å². The number of amides is 1. The maximum Gasteiger partial charge on any atom is 0.320 e. The smallest absolute Gasteiger partial charge is 0.320 e. The number of anilines is 1. The number of carbonyl (C=O) groups is 2. The second kappa shape index (κ2) is 7.82. The van der Waals surface area contributed by atoms with Crippen molar-refractivity contribution in [1.29, 1.82) is 0 Å². The molecule has 7 nitrogen and oxygen atoms in total. The highest BCUT2D eigenvalue weighted by Gasteiger charge is 2.29. The number of benzene rings is 1. The number of piperidine rings is 1. The third kappa shape index (κ3) is 4.35. The van der Waals surface area contributed by atoms with Gasteiger partial charge in [0, 0.05) is 6.07 Å². The minimum atomic E-state index is -0.875. The monoisotopic (exact) mass is 322 g/mol. The zero-order chi connectivity index (χ0) is 16.8. The lowest BCUT2D eigenvalue weighted by molar-refractivity contribution is -0.145. The van der Waals surface area contributed by atoms with E-state index >= 15 is 0 Å². The van der Waals surface area contributed by atoms with Crippen molar-refractivity contribution in [3.8, 4) is 11.5 Å². The first-order valence-electron chi connectivity index (χ1n) is 7.54. The number of aliphatic carboxylic acids is 1. The molecule has 0 saturated carbocycles. The Balaban J connectivity index is 2.02. The molecular weight excluding hydrogens is 300 g/mol. The average Bonchev–Trinajstić information content (AvgIpc) is 2.55. The lowest BCUT2D eigenvalue weighted by atomic mass is 10.0. The van der Waals surface area contributed by atoms with Gasteiger partial charge in [-0.15, -0.1) is 0 Å². The fourth-order valence-corrected chi connectivity index (χ4v) is 2.74. The SMILES string of the molecule is COc1ccc(NC(=O)CN2CCCCC2C(=O)O)c(OC)c1. The lowest BCUT2D eigenvalue weighted by Crippen LogP contribution is -2.47. The number of methoxy groups -OCH3 is 2. The van der Waals surface area contributed by atoms with Crippen LogP contribution in [-0.2, 0) is 9.59 Å². The number of rotatable bonds is 6. The maximum absolute atomic E-state index is 12.2. The molecule has 1 unspecified atom stereocenters. The predicted molar refractivity (Wildman–Crippen MR) is 85.0 cm³/mol.